The van der Waals surface area contributed by atoms with Crippen LogP contribution in [0.5, 0.6) is 0 Å². The molecular formula is C16H28N2O. The normalized spacial score (nSPS) is 39.4. The molecule has 108 valence electrons. The van der Waals surface area contributed by atoms with Crippen molar-refractivity contribution in [3.05, 3.63) is 0 Å². The highest BCUT2D eigenvalue weighted by Gasteiger charge is 2.50. The monoisotopic (exact) mass is 264 g/mol. The number of rotatable bonds is 4. The maximum atomic E-state index is 12.1. The second-order valence-corrected chi connectivity index (χ2v) is 7.25. The van der Waals surface area contributed by atoms with E-state index in [4.69, 9.17) is 0 Å². The molecule has 0 unspecified atom stereocenters. The smallest absolute Gasteiger partial charge is 0.317 e. The van der Waals surface area contributed by atoms with Gasteiger partial charge in [0.1, 0.15) is 0 Å². The Balaban J connectivity index is 1.59. The highest BCUT2D eigenvalue weighted by molar-refractivity contribution is 5.74. The van der Waals surface area contributed by atoms with Gasteiger partial charge < -0.3 is 10.2 Å². The first-order chi connectivity index (χ1) is 9.14. The zero-order chi connectivity index (χ0) is 13.5. The maximum Gasteiger partial charge on any atom is 0.317 e. The van der Waals surface area contributed by atoms with Crippen LogP contribution < -0.4 is 5.32 Å². The SMILES string of the molecule is CCN(CC)C(=O)NCC12CC3CC(CC(C3)C1)C2. The molecule has 1 N–H and O–H groups in total. The topological polar surface area (TPSA) is 32.3 Å². The van der Waals surface area contributed by atoms with Gasteiger partial charge in [0.05, 0.1) is 0 Å². The van der Waals surface area contributed by atoms with E-state index in [0.29, 0.717) is 5.41 Å². The fraction of sp³-hybridized carbons (Fsp3) is 0.938. The van der Waals surface area contributed by atoms with Crippen LogP contribution in [0.3, 0.4) is 0 Å². The number of hydrogen-bond donors (Lipinski definition) is 1. The average Bonchev–Trinajstić information content (AvgIpc) is 2.36. The Kier molecular flexibility index (Phi) is 3.48. The van der Waals surface area contributed by atoms with Crippen molar-refractivity contribution in [1.82, 2.24) is 10.2 Å². The van der Waals surface area contributed by atoms with Crippen molar-refractivity contribution in [2.45, 2.75) is 52.4 Å². The van der Waals surface area contributed by atoms with Crippen LogP contribution in [0.15, 0.2) is 0 Å². The minimum Gasteiger partial charge on any atom is -0.337 e. The number of amides is 2. The van der Waals surface area contributed by atoms with Crippen LogP contribution in [0, 0.1) is 23.2 Å². The van der Waals surface area contributed by atoms with Gasteiger partial charge in [-0.05, 0) is 75.5 Å². The quantitative estimate of drug-likeness (QED) is 0.830. The first-order valence-electron chi connectivity index (χ1n) is 8.17. The van der Waals surface area contributed by atoms with Crippen molar-refractivity contribution in [2.75, 3.05) is 19.6 Å². The van der Waals surface area contributed by atoms with Crippen molar-refractivity contribution in [1.29, 1.82) is 0 Å². The van der Waals surface area contributed by atoms with Crippen molar-refractivity contribution in [2.24, 2.45) is 23.2 Å². The van der Waals surface area contributed by atoms with Crippen LogP contribution in [0.25, 0.3) is 0 Å². The Bertz CT molecular complexity index is 313. The van der Waals surface area contributed by atoms with Gasteiger partial charge in [-0.2, -0.15) is 0 Å². The van der Waals surface area contributed by atoms with Crippen LogP contribution in [0.1, 0.15) is 52.4 Å². The van der Waals surface area contributed by atoms with Gasteiger partial charge in [-0.3, -0.25) is 0 Å². The lowest BCUT2D eigenvalue weighted by Gasteiger charge is -2.57. The summed E-state index contributed by atoms with van der Waals surface area (Å²) in [7, 11) is 0. The minimum absolute atomic E-state index is 0.140. The van der Waals surface area contributed by atoms with E-state index in [1.165, 1.54) is 38.5 Å². The largest absolute Gasteiger partial charge is 0.337 e. The highest BCUT2D eigenvalue weighted by Crippen LogP contribution is 2.59. The molecule has 4 bridgehead atoms. The number of nitrogens with zero attached hydrogens (tertiary/aromatic N) is 1. The molecule has 4 aliphatic rings. The standard InChI is InChI=1S/C16H28N2O/c1-3-18(4-2)15(19)17-11-16-8-12-5-13(9-16)7-14(6-12)10-16/h12-14H,3-11H2,1-2H3,(H,17,19). The molecule has 0 aromatic carbocycles. The second-order valence-electron chi connectivity index (χ2n) is 7.25. The first kappa shape index (κ1) is 13.3. The van der Waals surface area contributed by atoms with Crippen molar-refractivity contribution in [3.8, 4) is 0 Å². The number of carbonyl (C=O) groups excluding carboxylic acids is 1. The van der Waals surface area contributed by atoms with E-state index in [-0.39, 0.29) is 6.03 Å². The lowest BCUT2D eigenvalue weighted by molar-refractivity contribution is -0.0502. The molecule has 4 saturated carbocycles. The number of urea groups is 1. The van der Waals surface area contributed by atoms with Gasteiger partial charge >= 0.3 is 6.03 Å². The molecule has 0 saturated heterocycles. The molecule has 3 nitrogen and oxygen atoms in total. The third-order valence-corrected chi connectivity index (χ3v) is 5.83. The summed E-state index contributed by atoms with van der Waals surface area (Å²) in [4.78, 5) is 14.0. The second kappa shape index (κ2) is 4.99. The molecule has 0 aromatic rings. The first-order valence-corrected chi connectivity index (χ1v) is 8.17. The van der Waals surface area contributed by atoms with Crippen LogP contribution in [-0.2, 0) is 0 Å². The summed E-state index contributed by atoms with van der Waals surface area (Å²) in [6, 6.07) is 0.140. The highest BCUT2D eigenvalue weighted by atomic mass is 16.2. The molecule has 3 heteroatoms. The number of carbonyl (C=O) groups is 1. The zero-order valence-electron chi connectivity index (χ0n) is 12.5. The summed E-state index contributed by atoms with van der Waals surface area (Å²) in [5.41, 5.74) is 0.456. The van der Waals surface area contributed by atoms with E-state index >= 15 is 0 Å². The summed E-state index contributed by atoms with van der Waals surface area (Å²) in [5, 5.41) is 3.23. The van der Waals surface area contributed by atoms with Crippen molar-refractivity contribution in [3.63, 3.8) is 0 Å². The van der Waals surface area contributed by atoms with Gasteiger partial charge in [-0.15, -0.1) is 0 Å². The summed E-state index contributed by atoms with van der Waals surface area (Å²) in [6.45, 7) is 6.64. The maximum absolute atomic E-state index is 12.1. The molecule has 0 spiro atoms. The van der Waals surface area contributed by atoms with E-state index in [1.54, 1.807) is 0 Å². The van der Waals surface area contributed by atoms with Gasteiger partial charge in [-0.1, -0.05) is 0 Å². The lowest BCUT2D eigenvalue weighted by Crippen LogP contribution is -2.52. The fourth-order valence-electron chi connectivity index (χ4n) is 5.39. The summed E-state index contributed by atoms with van der Waals surface area (Å²) in [5.74, 6) is 2.91. The Morgan fingerprint density at radius 2 is 1.53 bits per heavy atom. The number of hydrogen-bond acceptors (Lipinski definition) is 1. The van der Waals surface area contributed by atoms with E-state index in [1.807, 2.05) is 18.7 Å². The molecule has 19 heavy (non-hydrogen) atoms. The van der Waals surface area contributed by atoms with Gasteiger partial charge in [0.15, 0.2) is 0 Å². The Labute approximate surface area is 117 Å². The summed E-state index contributed by atoms with van der Waals surface area (Å²) in [6.07, 6.45) is 8.54. The van der Waals surface area contributed by atoms with Gasteiger partial charge in [0, 0.05) is 19.6 Å². The van der Waals surface area contributed by atoms with Crippen LogP contribution >= 0.6 is 0 Å². The predicted molar refractivity (Wildman–Crippen MR) is 76.9 cm³/mol. The summed E-state index contributed by atoms with van der Waals surface area (Å²) >= 11 is 0. The van der Waals surface area contributed by atoms with E-state index in [9.17, 15) is 4.79 Å². The lowest BCUT2D eigenvalue weighted by atomic mass is 9.49. The minimum atomic E-state index is 0.140. The van der Waals surface area contributed by atoms with Gasteiger partial charge in [0.25, 0.3) is 0 Å². The van der Waals surface area contributed by atoms with Crippen molar-refractivity contribution < 1.29 is 4.79 Å². The van der Waals surface area contributed by atoms with Crippen molar-refractivity contribution >= 4 is 6.03 Å². The van der Waals surface area contributed by atoms with E-state index in [0.717, 1.165) is 37.4 Å². The molecule has 4 aliphatic carbocycles. The molecule has 0 aliphatic heterocycles. The number of nitrogens with one attached hydrogen (secondary N) is 1. The molecule has 2 amide bonds. The fourth-order valence-corrected chi connectivity index (χ4v) is 5.39. The molecule has 0 atom stereocenters. The van der Waals surface area contributed by atoms with Crippen LogP contribution in [0.4, 0.5) is 4.79 Å². The Morgan fingerprint density at radius 3 is 1.95 bits per heavy atom. The third kappa shape index (κ3) is 2.48. The molecule has 0 radical (unpaired) electrons. The molecule has 4 fully saturated rings. The molecule has 0 heterocycles. The zero-order valence-corrected chi connectivity index (χ0v) is 12.5. The predicted octanol–water partition coefficient (Wildman–Crippen LogP) is 3.25. The van der Waals surface area contributed by atoms with Crippen LogP contribution in [-0.4, -0.2) is 30.6 Å². The molecular weight excluding hydrogens is 236 g/mol. The average molecular weight is 264 g/mol. The van der Waals surface area contributed by atoms with E-state index in [2.05, 4.69) is 5.32 Å². The third-order valence-electron chi connectivity index (χ3n) is 5.83. The van der Waals surface area contributed by atoms with Gasteiger partial charge in [0.2, 0.25) is 0 Å². The van der Waals surface area contributed by atoms with E-state index < -0.39 is 0 Å². The Hall–Kier alpha value is -0.730. The van der Waals surface area contributed by atoms with Gasteiger partial charge in [-0.25, -0.2) is 4.79 Å². The summed E-state index contributed by atoms with van der Waals surface area (Å²) < 4.78 is 0. The molecule has 0 aromatic heterocycles. The Morgan fingerprint density at radius 1 is 1.05 bits per heavy atom. The van der Waals surface area contributed by atoms with Crippen LogP contribution in [0.2, 0.25) is 0 Å². The molecule has 4 rings (SSSR count).